The molecule has 1 amide bonds. The molecule has 1 N–H and O–H groups in total. The van der Waals surface area contributed by atoms with E-state index in [1.165, 1.54) is 0 Å². The zero-order chi connectivity index (χ0) is 24.4. The zero-order valence-corrected chi connectivity index (χ0v) is 19.9. The number of hydrogen-bond acceptors (Lipinski definition) is 5. The van der Waals surface area contributed by atoms with Crippen LogP contribution in [0.4, 0.5) is 5.69 Å². The van der Waals surface area contributed by atoms with Crippen LogP contribution in [-0.4, -0.2) is 19.6 Å². The van der Waals surface area contributed by atoms with Gasteiger partial charge in [-0.3, -0.25) is 9.59 Å². The molecule has 0 aliphatic rings. The van der Waals surface area contributed by atoms with Crippen molar-refractivity contribution in [1.82, 2.24) is 0 Å². The summed E-state index contributed by atoms with van der Waals surface area (Å²) in [5.74, 6) is 0.573. The highest BCUT2D eigenvalue weighted by Gasteiger charge is 2.20. The average molecular weight is 458 g/mol. The molecule has 0 atom stereocenters. The van der Waals surface area contributed by atoms with Gasteiger partial charge in [-0.15, -0.1) is 0 Å². The second kappa shape index (κ2) is 9.43. The summed E-state index contributed by atoms with van der Waals surface area (Å²) in [7, 11) is 1.58. The summed E-state index contributed by atoms with van der Waals surface area (Å²) in [5, 5.41) is 3.25. The maximum Gasteiger partial charge on any atom is 0.262 e. The second-order valence-corrected chi connectivity index (χ2v) is 8.49. The summed E-state index contributed by atoms with van der Waals surface area (Å²) in [4.78, 5) is 26.1. The molecule has 0 fully saturated rings. The molecule has 3 aromatic carbocycles. The van der Waals surface area contributed by atoms with Crippen LogP contribution in [0.3, 0.4) is 0 Å². The number of hydrogen-bond donors (Lipinski definition) is 1. The number of amides is 1. The Bertz CT molecular complexity index is 1410. The number of nitrogens with one attached hydrogen (secondary N) is 1. The SMILES string of the molecule is COc1ccc(-c2oc3c(C)cc(C)cc3c(=O)c2OCC(=O)Nc2cc(C)cc(C)c2)cc1. The molecule has 6 nitrogen and oxygen atoms in total. The van der Waals surface area contributed by atoms with E-state index >= 15 is 0 Å². The van der Waals surface area contributed by atoms with Gasteiger partial charge in [-0.25, -0.2) is 0 Å². The monoisotopic (exact) mass is 457 g/mol. The Morgan fingerprint density at radius 2 is 1.56 bits per heavy atom. The highest BCUT2D eigenvalue weighted by molar-refractivity contribution is 5.92. The van der Waals surface area contributed by atoms with Crippen molar-refractivity contribution in [3.8, 4) is 22.8 Å². The number of benzene rings is 3. The van der Waals surface area contributed by atoms with Crippen molar-refractivity contribution in [2.75, 3.05) is 19.0 Å². The molecule has 174 valence electrons. The van der Waals surface area contributed by atoms with Gasteiger partial charge < -0.3 is 19.2 Å². The molecule has 0 aliphatic carbocycles. The van der Waals surface area contributed by atoms with Crippen molar-refractivity contribution in [3.63, 3.8) is 0 Å². The van der Waals surface area contributed by atoms with Crippen LogP contribution in [0.25, 0.3) is 22.3 Å². The van der Waals surface area contributed by atoms with Crippen LogP contribution in [0.1, 0.15) is 22.3 Å². The quantitative estimate of drug-likeness (QED) is 0.401. The van der Waals surface area contributed by atoms with Gasteiger partial charge in [-0.05, 0) is 92.4 Å². The number of rotatable bonds is 6. The van der Waals surface area contributed by atoms with Gasteiger partial charge in [0, 0.05) is 11.3 Å². The Hall–Kier alpha value is -4.06. The first-order valence-corrected chi connectivity index (χ1v) is 11.0. The minimum absolute atomic E-state index is 0.00163. The van der Waals surface area contributed by atoms with Crippen molar-refractivity contribution < 1.29 is 18.7 Å². The third-order valence-corrected chi connectivity index (χ3v) is 5.49. The second-order valence-electron chi connectivity index (χ2n) is 8.49. The molecule has 0 spiro atoms. The van der Waals surface area contributed by atoms with E-state index in [-0.39, 0.29) is 29.5 Å². The molecule has 4 aromatic rings. The molecule has 1 aromatic heterocycles. The maximum absolute atomic E-state index is 13.5. The summed E-state index contributed by atoms with van der Waals surface area (Å²) in [6.07, 6.45) is 0. The van der Waals surface area contributed by atoms with Crippen molar-refractivity contribution in [3.05, 3.63) is 87.1 Å². The fourth-order valence-electron chi connectivity index (χ4n) is 4.08. The Morgan fingerprint density at radius 1 is 0.912 bits per heavy atom. The van der Waals surface area contributed by atoms with Crippen LogP contribution in [0.15, 0.2) is 63.8 Å². The van der Waals surface area contributed by atoms with Crippen LogP contribution in [0.5, 0.6) is 11.5 Å². The van der Waals surface area contributed by atoms with Crippen LogP contribution in [0.2, 0.25) is 0 Å². The summed E-state index contributed by atoms with van der Waals surface area (Å²) in [5.41, 5.74) is 5.36. The zero-order valence-electron chi connectivity index (χ0n) is 19.9. The maximum atomic E-state index is 13.5. The fourth-order valence-corrected chi connectivity index (χ4v) is 4.08. The summed E-state index contributed by atoms with van der Waals surface area (Å²) in [6, 6.07) is 16.6. The predicted molar refractivity (Wildman–Crippen MR) is 134 cm³/mol. The summed E-state index contributed by atoms with van der Waals surface area (Å²) < 4.78 is 17.3. The van der Waals surface area contributed by atoms with Crippen LogP contribution in [0, 0.1) is 27.7 Å². The average Bonchev–Trinajstić information content (AvgIpc) is 2.78. The molecule has 0 radical (unpaired) electrons. The van der Waals surface area contributed by atoms with Crippen molar-refractivity contribution in [2.24, 2.45) is 0 Å². The third-order valence-electron chi connectivity index (χ3n) is 5.49. The van der Waals surface area contributed by atoms with Gasteiger partial charge in [0.25, 0.3) is 5.91 Å². The highest BCUT2D eigenvalue weighted by Crippen LogP contribution is 2.33. The molecular weight excluding hydrogens is 430 g/mol. The lowest BCUT2D eigenvalue weighted by atomic mass is 10.1. The Balaban J connectivity index is 1.72. The number of anilines is 1. The van der Waals surface area contributed by atoms with Gasteiger partial charge >= 0.3 is 0 Å². The fraction of sp³-hybridized carbons (Fsp3) is 0.214. The predicted octanol–water partition coefficient (Wildman–Crippen LogP) is 5.72. The van der Waals surface area contributed by atoms with E-state index in [4.69, 9.17) is 13.9 Å². The Kier molecular flexibility index (Phi) is 6.41. The van der Waals surface area contributed by atoms with Crippen molar-refractivity contribution >= 4 is 22.6 Å². The summed E-state index contributed by atoms with van der Waals surface area (Å²) >= 11 is 0. The largest absolute Gasteiger partial charge is 0.497 e. The molecule has 1 heterocycles. The van der Waals surface area contributed by atoms with Crippen LogP contribution >= 0.6 is 0 Å². The smallest absolute Gasteiger partial charge is 0.262 e. The van der Waals surface area contributed by atoms with Gasteiger partial charge in [-0.2, -0.15) is 0 Å². The molecule has 0 unspecified atom stereocenters. The first kappa shape index (κ1) is 23.1. The Morgan fingerprint density at radius 3 is 2.21 bits per heavy atom. The number of ether oxygens (including phenoxy) is 2. The minimum atomic E-state index is -0.370. The van der Waals surface area contributed by atoms with E-state index in [0.717, 1.165) is 22.3 Å². The normalized spacial score (nSPS) is 10.9. The molecule has 0 bridgehead atoms. The summed E-state index contributed by atoms with van der Waals surface area (Å²) in [6.45, 7) is 7.40. The lowest BCUT2D eigenvalue weighted by molar-refractivity contribution is -0.118. The highest BCUT2D eigenvalue weighted by atomic mass is 16.5. The number of carbonyl (C=O) groups excluding carboxylic acids is 1. The van der Waals surface area contributed by atoms with Gasteiger partial charge in [0.1, 0.15) is 11.3 Å². The Labute approximate surface area is 198 Å². The molecule has 4 rings (SSSR count). The molecule has 0 saturated carbocycles. The van der Waals surface area contributed by atoms with Crippen LogP contribution < -0.4 is 20.2 Å². The van der Waals surface area contributed by atoms with Gasteiger partial charge in [-0.1, -0.05) is 12.1 Å². The molecule has 0 aliphatic heterocycles. The standard InChI is InChI=1S/C28H27NO5/c1-16-10-17(2)13-21(12-16)29-24(30)15-33-28-25(31)23-14-18(3)11-19(4)26(23)34-27(28)20-6-8-22(32-5)9-7-20/h6-14H,15H2,1-5H3,(H,29,30). The number of aryl methyl sites for hydroxylation is 4. The molecule has 0 saturated heterocycles. The lowest BCUT2D eigenvalue weighted by Crippen LogP contribution is -2.22. The van der Waals surface area contributed by atoms with Crippen molar-refractivity contribution in [1.29, 1.82) is 0 Å². The molecular formula is C28H27NO5. The van der Waals surface area contributed by atoms with E-state index in [9.17, 15) is 9.59 Å². The first-order chi connectivity index (χ1) is 16.2. The van der Waals surface area contributed by atoms with E-state index in [0.29, 0.717) is 28.0 Å². The van der Waals surface area contributed by atoms with E-state index in [1.54, 1.807) is 37.4 Å². The van der Waals surface area contributed by atoms with Gasteiger partial charge in [0.15, 0.2) is 12.4 Å². The van der Waals surface area contributed by atoms with E-state index in [1.807, 2.05) is 52.0 Å². The van der Waals surface area contributed by atoms with E-state index in [2.05, 4.69) is 5.32 Å². The molecule has 34 heavy (non-hydrogen) atoms. The first-order valence-electron chi connectivity index (χ1n) is 11.0. The van der Waals surface area contributed by atoms with Gasteiger partial charge in [0.2, 0.25) is 11.2 Å². The van der Waals surface area contributed by atoms with Crippen LogP contribution in [-0.2, 0) is 4.79 Å². The lowest BCUT2D eigenvalue weighted by Gasteiger charge is -2.14. The van der Waals surface area contributed by atoms with Gasteiger partial charge in [0.05, 0.1) is 12.5 Å². The molecule has 6 heteroatoms. The van der Waals surface area contributed by atoms with E-state index < -0.39 is 0 Å². The minimum Gasteiger partial charge on any atom is -0.497 e. The number of fused-ring (bicyclic) bond motifs is 1. The third kappa shape index (κ3) is 4.81. The topological polar surface area (TPSA) is 77.8 Å². The number of carbonyl (C=O) groups is 1. The number of methoxy groups -OCH3 is 1. The van der Waals surface area contributed by atoms with Crippen molar-refractivity contribution in [2.45, 2.75) is 27.7 Å².